The normalized spacial score (nSPS) is 13.9. The molecule has 4 unspecified atom stereocenters. The Bertz CT molecular complexity index is 811. The molecule has 0 aliphatic carbocycles. The third-order valence-electron chi connectivity index (χ3n) is 5.39. The smallest absolute Gasteiger partial charge is 0.326 e. The molecule has 0 spiro atoms. The Kier molecular flexibility index (Phi) is 18.3. The Balaban J connectivity index is 5.61. The van der Waals surface area contributed by atoms with Gasteiger partial charge in [-0.1, -0.05) is 0 Å². The number of carbonyl (C=O) groups excluding carboxylic acids is 3. The van der Waals surface area contributed by atoms with E-state index in [0.717, 1.165) is 0 Å². The van der Waals surface area contributed by atoms with Crippen molar-refractivity contribution in [2.45, 2.75) is 75.5 Å². The van der Waals surface area contributed by atoms with E-state index in [1.807, 2.05) is 6.26 Å². The first-order valence-electron chi connectivity index (χ1n) is 12.3. The summed E-state index contributed by atoms with van der Waals surface area (Å²) in [5, 5.41) is 25.7. The van der Waals surface area contributed by atoms with Crippen LogP contribution in [-0.2, 0) is 24.0 Å². The molecule has 0 saturated heterocycles. The fourth-order valence-electron chi connectivity index (χ4n) is 3.26. The van der Waals surface area contributed by atoms with Gasteiger partial charge in [0.05, 0.1) is 6.04 Å². The second-order valence-electron chi connectivity index (χ2n) is 8.58. The highest BCUT2D eigenvalue weighted by Gasteiger charge is 2.30. The highest BCUT2D eigenvalue weighted by molar-refractivity contribution is 7.98. The van der Waals surface area contributed by atoms with Crippen LogP contribution in [-0.4, -0.2) is 95.1 Å². The minimum absolute atomic E-state index is 0.123. The minimum Gasteiger partial charge on any atom is -0.481 e. The molecule has 0 aromatic carbocycles. The van der Waals surface area contributed by atoms with Crippen LogP contribution in [0.2, 0.25) is 0 Å². The van der Waals surface area contributed by atoms with E-state index in [9.17, 15) is 29.1 Å². The Hall–Kier alpha value is -3.11. The number of guanidine groups is 1. The number of carbonyl (C=O) groups is 5. The average Bonchev–Trinajstić information content (AvgIpc) is 2.85. The lowest BCUT2D eigenvalue weighted by Gasteiger charge is -2.25. The van der Waals surface area contributed by atoms with Crippen LogP contribution in [0, 0.1) is 0 Å². The number of carboxylic acids is 2. The highest BCUT2D eigenvalue weighted by atomic mass is 32.2. The third-order valence-corrected chi connectivity index (χ3v) is 6.03. The molecule has 0 aromatic rings. The van der Waals surface area contributed by atoms with Gasteiger partial charge in [0.25, 0.3) is 0 Å². The number of rotatable bonds is 21. The summed E-state index contributed by atoms with van der Waals surface area (Å²) in [6.45, 7) is 0.543. The number of aliphatic carboxylic acids is 2. The van der Waals surface area contributed by atoms with Gasteiger partial charge in [0.15, 0.2) is 5.96 Å². The quantitative estimate of drug-likeness (QED) is 0.0404. The summed E-state index contributed by atoms with van der Waals surface area (Å²) >= 11 is 1.52. The summed E-state index contributed by atoms with van der Waals surface area (Å²) in [6.07, 6.45) is 3.06. The molecule has 0 rings (SSSR count). The van der Waals surface area contributed by atoms with Gasteiger partial charge in [-0.3, -0.25) is 24.2 Å². The SMILES string of the molecule is CSCCC(N)C(=O)NC(CCCN=C(N)N)C(=O)NC(CCCCN)C(=O)NC(CCC(=O)O)C(=O)O. The van der Waals surface area contributed by atoms with Crippen molar-refractivity contribution in [1.29, 1.82) is 0 Å². The summed E-state index contributed by atoms with van der Waals surface area (Å²) in [7, 11) is 0. The first-order valence-corrected chi connectivity index (χ1v) is 13.7. The number of nitrogens with two attached hydrogens (primary N) is 4. The van der Waals surface area contributed by atoms with Crippen LogP contribution in [0.1, 0.15) is 51.4 Å². The fourth-order valence-corrected chi connectivity index (χ4v) is 3.75. The lowest BCUT2D eigenvalue weighted by Crippen LogP contribution is -2.57. The van der Waals surface area contributed by atoms with Crippen molar-refractivity contribution in [2.75, 3.05) is 25.1 Å². The van der Waals surface area contributed by atoms with Crippen LogP contribution in [0.15, 0.2) is 4.99 Å². The summed E-state index contributed by atoms with van der Waals surface area (Å²) in [6, 6.07) is -4.52. The number of hydrogen-bond donors (Lipinski definition) is 9. The van der Waals surface area contributed by atoms with Crippen molar-refractivity contribution in [2.24, 2.45) is 27.9 Å². The van der Waals surface area contributed by atoms with E-state index in [-0.39, 0.29) is 31.8 Å². The van der Waals surface area contributed by atoms with E-state index in [0.29, 0.717) is 38.0 Å². The van der Waals surface area contributed by atoms with Gasteiger partial charge in [0.2, 0.25) is 17.7 Å². The number of nitrogens with one attached hydrogen (secondary N) is 3. The predicted octanol–water partition coefficient (Wildman–Crippen LogP) is -2.35. The first-order chi connectivity index (χ1) is 17.9. The average molecular weight is 563 g/mol. The number of hydrogen-bond acceptors (Lipinski definition) is 9. The van der Waals surface area contributed by atoms with Gasteiger partial charge in [-0.2, -0.15) is 11.8 Å². The van der Waals surface area contributed by atoms with Crippen LogP contribution < -0.4 is 38.9 Å². The summed E-state index contributed by atoms with van der Waals surface area (Å²) in [5.41, 5.74) is 22.1. The maximum atomic E-state index is 13.2. The van der Waals surface area contributed by atoms with Crippen molar-refractivity contribution < 1.29 is 34.2 Å². The molecule has 4 atom stereocenters. The zero-order chi connectivity index (χ0) is 29.1. The highest BCUT2D eigenvalue weighted by Crippen LogP contribution is 2.07. The molecule has 0 aliphatic rings. The molecule has 0 fully saturated rings. The van der Waals surface area contributed by atoms with Gasteiger partial charge in [0, 0.05) is 13.0 Å². The second kappa shape index (κ2) is 19.9. The lowest BCUT2D eigenvalue weighted by molar-refractivity contribution is -0.143. The van der Waals surface area contributed by atoms with E-state index >= 15 is 0 Å². The Morgan fingerprint density at radius 3 is 1.87 bits per heavy atom. The number of aliphatic imine (C=N–C) groups is 1. The fraction of sp³-hybridized carbons (Fsp3) is 0.727. The van der Waals surface area contributed by atoms with E-state index < -0.39 is 60.2 Å². The van der Waals surface area contributed by atoms with Crippen LogP contribution in [0.3, 0.4) is 0 Å². The molecule has 218 valence electrons. The van der Waals surface area contributed by atoms with Crippen molar-refractivity contribution in [3.63, 3.8) is 0 Å². The number of amides is 3. The zero-order valence-electron chi connectivity index (χ0n) is 21.7. The predicted molar refractivity (Wildman–Crippen MR) is 144 cm³/mol. The molecule has 16 heteroatoms. The van der Waals surface area contributed by atoms with Gasteiger partial charge in [-0.15, -0.1) is 0 Å². The molecular formula is C22H42N8O7S. The molecule has 3 amide bonds. The molecule has 0 aliphatic heterocycles. The van der Waals surface area contributed by atoms with Crippen LogP contribution in [0.4, 0.5) is 0 Å². The molecule has 0 radical (unpaired) electrons. The lowest BCUT2D eigenvalue weighted by atomic mass is 10.0. The first kappa shape index (κ1) is 34.9. The Morgan fingerprint density at radius 1 is 0.816 bits per heavy atom. The number of carboxylic acid groups (broad SMARTS) is 2. The molecule has 0 saturated carbocycles. The second-order valence-corrected chi connectivity index (χ2v) is 9.56. The van der Waals surface area contributed by atoms with Gasteiger partial charge in [0.1, 0.15) is 18.1 Å². The van der Waals surface area contributed by atoms with E-state index in [1.165, 1.54) is 11.8 Å². The Morgan fingerprint density at radius 2 is 1.37 bits per heavy atom. The minimum atomic E-state index is -1.46. The van der Waals surface area contributed by atoms with Gasteiger partial charge >= 0.3 is 11.9 Å². The van der Waals surface area contributed by atoms with Crippen molar-refractivity contribution in [3.05, 3.63) is 0 Å². The maximum absolute atomic E-state index is 13.2. The molecule has 0 aromatic heterocycles. The van der Waals surface area contributed by atoms with E-state index in [4.69, 9.17) is 28.0 Å². The van der Waals surface area contributed by atoms with Crippen LogP contribution in [0.5, 0.6) is 0 Å². The van der Waals surface area contributed by atoms with E-state index in [1.54, 1.807) is 0 Å². The number of unbranched alkanes of at least 4 members (excludes halogenated alkanes) is 1. The molecule has 13 N–H and O–H groups in total. The maximum Gasteiger partial charge on any atom is 0.326 e. The summed E-state index contributed by atoms with van der Waals surface area (Å²) in [5.74, 6) is -4.11. The molecule has 0 heterocycles. The van der Waals surface area contributed by atoms with E-state index in [2.05, 4.69) is 20.9 Å². The Labute approximate surface area is 226 Å². The monoisotopic (exact) mass is 562 g/mol. The largest absolute Gasteiger partial charge is 0.481 e. The number of thioether (sulfide) groups is 1. The third kappa shape index (κ3) is 15.9. The van der Waals surface area contributed by atoms with Gasteiger partial charge in [-0.25, -0.2) is 4.79 Å². The topological polar surface area (TPSA) is 278 Å². The zero-order valence-corrected chi connectivity index (χ0v) is 22.5. The number of nitrogens with zero attached hydrogens (tertiary/aromatic N) is 1. The molecule has 15 nitrogen and oxygen atoms in total. The standard InChI is InChI=1S/C22H42N8O7S/c1-38-12-9-13(24)18(33)28-15(6-4-11-27-22(25)26)19(34)29-14(5-2-3-10-23)20(35)30-16(21(36)37)7-8-17(31)32/h13-16H,2-12,23-24H2,1H3,(H,28,33)(H,29,34)(H,30,35)(H,31,32)(H,36,37)(H4,25,26,27). The van der Waals surface area contributed by atoms with Crippen LogP contribution in [0.25, 0.3) is 0 Å². The summed E-state index contributed by atoms with van der Waals surface area (Å²) in [4.78, 5) is 64.9. The van der Waals surface area contributed by atoms with Crippen molar-refractivity contribution in [3.8, 4) is 0 Å². The molecule has 0 bridgehead atoms. The van der Waals surface area contributed by atoms with Crippen LogP contribution >= 0.6 is 11.8 Å². The molecule has 38 heavy (non-hydrogen) atoms. The molecular weight excluding hydrogens is 520 g/mol. The van der Waals surface area contributed by atoms with Crippen molar-refractivity contribution in [1.82, 2.24) is 16.0 Å². The summed E-state index contributed by atoms with van der Waals surface area (Å²) < 4.78 is 0. The van der Waals surface area contributed by atoms with Gasteiger partial charge < -0.3 is 49.1 Å². The van der Waals surface area contributed by atoms with Gasteiger partial charge in [-0.05, 0) is 63.5 Å². The van der Waals surface area contributed by atoms with Crippen molar-refractivity contribution >= 4 is 47.4 Å².